The molecule has 18 heavy (non-hydrogen) atoms. The molecule has 0 saturated heterocycles. The molecule has 0 saturated carbocycles. The molecular formula is C14H13Br2NS. The Morgan fingerprint density at radius 3 is 2.50 bits per heavy atom. The van der Waals surface area contributed by atoms with Gasteiger partial charge in [0.2, 0.25) is 0 Å². The summed E-state index contributed by atoms with van der Waals surface area (Å²) >= 11 is 8.82. The molecule has 0 aromatic heterocycles. The lowest BCUT2D eigenvalue weighted by molar-refractivity contribution is 0.815. The molecule has 1 nitrogen and oxygen atoms in total. The number of halogens is 2. The molecule has 94 valence electrons. The lowest BCUT2D eigenvalue weighted by atomic mass is 10.1. The highest BCUT2D eigenvalue weighted by molar-refractivity contribution is 9.10. The van der Waals surface area contributed by atoms with Gasteiger partial charge in [-0.2, -0.15) is 0 Å². The maximum absolute atomic E-state index is 5.87. The van der Waals surface area contributed by atoms with Crippen LogP contribution in [-0.4, -0.2) is 0 Å². The van der Waals surface area contributed by atoms with Gasteiger partial charge in [-0.25, -0.2) is 0 Å². The molecule has 0 heterocycles. The van der Waals surface area contributed by atoms with Gasteiger partial charge in [-0.15, -0.1) is 0 Å². The quantitative estimate of drug-likeness (QED) is 0.765. The van der Waals surface area contributed by atoms with Gasteiger partial charge in [-0.1, -0.05) is 39.8 Å². The van der Waals surface area contributed by atoms with Crippen LogP contribution in [0.4, 0.5) is 0 Å². The molecule has 2 N–H and O–H groups in total. The predicted molar refractivity (Wildman–Crippen MR) is 85.0 cm³/mol. The zero-order valence-corrected chi connectivity index (χ0v) is 13.8. The number of hydrogen-bond acceptors (Lipinski definition) is 2. The van der Waals surface area contributed by atoms with Crippen molar-refractivity contribution in [3.8, 4) is 0 Å². The molecule has 2 aromatic carbocycles. The van der Waals surface area contributed by atoms with Crippen LogP contribution in [0.1, 0.15) is 18.5 Å². The molecule has 0 amide bonds. The van der Waals surface area contributed by atoms with E-state index in [1.54, 1.807) is 11.8 Å². The van der Waals surface area contributed by atoms with Crippen LogP contribution in [0.15, 0.2) is 61.2 Å². The van der Waals surface area contributed by atoms with E-state index in [9.17, 15) is 0 Å². The van der Waals surface area contributed by atoms with Crippen molar-refractivity contribution in [2.75, 3.05) is 0 Å². The summed E-state index contributed by atoms with van der Waals surface area (Å²) in [6.45, 7) is 1.99. The first-order valence-electron chi connectivity index (χ1n) is 5.54. The average Bonchev–Trinajstić information content (AvgIpc) is 2.31. The molecule has 2 aromatic rings. The van der Waals surface area contributed by atoms with E-state index in [0.717, 1.165) is 14.5 Å². The summed E-state index contributed by atoms with van der Waals surface area (Å²) < 4.78 is 2.18. The first-order valence-corrected chi connectivity index (χ1v) is 7.95. The van der Waals surface area contributed by atoms with E-state index in [1.165, 1.54) is 9.79 Å². The van der Waals surface area contributed by atoms with Crippen molar-refractivity contribution in [3.63, 3.8) is 0 Å². The Morgan fingerprint density at radius 2 is 1.89 bits per heavy atom. The monoisotopic (exact) mass is 385 g/mol. The topological polar surface area (TPSA) is 26.0 Å². The van der Waals surface area contributed by atoms with Gasteiger partial charge >= 0.3 is 0 Å². The largest absolute Gasteiger partial charge is 0.324 e. The van der Waals surface area contributed by atoms with Gasteiger partial charge < -0.3 is 5.73 Å². The maximum Gasteiger partial charge on any atom is 0.0318 e. The molecule has 2 rings (SSSR count). The van der Waals surface area contributed by atoms with Gasteiger partial charge in [0.25, 0.3) is 0 Å². The molecule has 1 atom stereocenters. The van der Waals surface area contributed by atoms with Crippen molar-refractivity contribution in [2.45, 2.75) is 22.8 Å². The van der Waals surface area contributed by atoms with Crippen molar-refractivity contribution < 1.29 is 0 Å². The molecule has 0 radical (unpaired) electrons. The summed E-state index contributed by atoms with van der Waals surface area (Å²) in [5.74, 6) is 0. The summed E-state index contributed by atoms with van der Waals surface area (Å²) in [7, 11) is 0. The van der Waals surface area contributed by atoms with Gasteiger partial charge in [-0.3, -0.25) is 0 Å². The Bertz CT molecular complexity index is 555. The van der Waals surface area contributed by atoms with Crippen molar-refractivity contribution >= 4 is 43.6 Å². The minimum atomic E-state index is 0.0613. The molecule has 0 aliphatic heterocycles. The molecule has 0 fully saturated rings. The van der Waals surface area contributed by atoms with Crippen molar-refractivity contribution in [1.82, 2.24) is 0 Å². The third-order valence-electron chi connectivity index (χ3n) is 2.51. The van der Waals surface area contributed by atoms with Gasteiger partial charge in [-0.05, 0) is 58.7 Å². The molecule has 0 spiro atoms. The predicted octanol–water partition coefficient (Wildman–Crippen LogP) is 5.38. The zero-order chi connectivity index (χ0) is 13.1. The van der Waals surface area contributed by atoms with Crippen molar-refractivity contribution in [2.24, 2.45) is 5.73 Å². The van der Waals surface area contributed by atoms with Crippen LogP contribution in [0.3, 0.4) is 0 Å². The van der Waals surface area contributed by atoms with Crippen LogP contribution in [0.25, 0.3) is 0 Å². The van der Waals surface area contributed by atoms with E-state index in [-0.39, 0.29) is 6.04 Å². The van der Waals surface area contributed by atoms with Crippen LogP contribution in [0, 0.1) is 0 Å². The molecule has 0 unspecified atom stereocenters. The fourth-order valence-corrected chi connectivity index (χ4v) is 3.61. The number of hydrogen-bond donors (Lipinski definition) is 1. The van der Waals surface area contributed by atoms with Crippen molar-refractivity contribution in [1.29, 1.82) is 0 Å². The second-order valence-corrected chi connectivity index (χ2v) is 6.92. The van der Waals surface area contributed by atoms with Crippen LogP contribution >= 0.6 is 43.6 Å². The minimum Gasteiger partial charge on any atom is -0.324 e. The van der Waals surface area contributed by atoms with Gasteiger partial charge in [0.1, 0.15) is 0 Å². The normalized spacial score (nSPS) is 12.4. The zero-order valence-electron chi connectivity index (χ0n) is 9.86. The highest BCUT2D eigenvalue weighted by Gasteiger charge is 2.06. The van der Waals surface area contributed by atoms with E-state index >= 15 is 0 Å². The van der Waals surface area contributed by atoms with Gasteiger partial charge in [0, 0.05) is 24.8 Å². The fourth-order valence-electron chi connectivity index (χ4n) is 1.54. The van der Waals surface area contributed by atoms with E-state index in [2.05, 4.69) is 62.2 Å². The van der Waals surface area contributed by atoms with E-state index in [0.29, 0.717) is 0 Å². The Labute approximate surface area is 128 Å². The van der Waals surface area contributed by atoms with Crippen LogP contribution in [-0.2, 0) is 0 Å². The first-order chi connectivity index (χ1) is 8.56. The highest BCUT2D eigenvalue weighted by atomic mass is 79.9. The third kappa shape index (κ3) is 3.60. The lowest BCUT2D eigenvalue weighted by Crippen LogP contribution is -2.04. The Hall–Kier alpha value is -0.290. The van der Waals surface area contributed by atoms with Crippen molar-refractivity contribution in [3.05, 3.63) is 57.0 Å². The standard InChI is InChI=1S/C14H13Br2NS/c1-9(17)10-5-6-14(13(16)7-10)18-12-4-2-3-11(15)8-12/h2-9H,17H2,1H3/t9-/m1/s1. The molecule has 4 heteroatoms. The smallest absolute Gasteiger partial charge is 0.0318 e. The van der Waals surface area contributed by atoms with Crippen LogP contribution in [0.2, 0.25) is 0 Å². The SMILES string of the molecule is C[C@@H](N)c1ccc(Sc2cccc(Br)c2)c(Br)c1. The fraction of sp³-hybridized carbons (Fsp3) is 0.143. The average molecular weight is 387 g/mol. The number of rotatable bonds is 3. The summed E-state index contributed by atoms with van der Waals surface area (Å²) in [5.41, 5.74) is 7.01. The van der Waals surface area contributed by atoms with Crippen LogP contribution < -0.4 is 5.73 Å². The second kappa shape index (κ2) is 6.24. The number of benzene rings is 2. The molecule has 0 aliphatic carbocycles. The molecular weight excluding hydrogens is 374 g/mol. The summed E-state index contributed by atoms with van der Waals surface area (Å²) in [5, 5.41) is 0. The van der Waals surface area contributed by atoms with E-state index in [4.69, 9.17) is 5.73 Å². The highest BCUT2D eigenvalue weighted by Crippen LogP contribution is 2.35. The van der Waals surface area contributed by atoms with E-state index in [1.807, 2.05) is 19.1 Å². The molecule has 0 aliphatic rings. The Morgan fingerprint density at radius 1 is 1.11 bits per heavy atom. The van der Waals surface area contributed by atoms with Crippen LogP contribution in [0.5, 0.6) is 0 Å². The summed E-state index contributed by atoms with van der Waals surface area (Å²) in [6, 6.07) is 14.6. The van der Waals surface area contributed by atoms with E-state index < -0.39 is 0 Å². The van der Waals surface area contributed by atoms with Gasteiger partial charge in [0.05, 0.1) is 0 Å². The third-order valence-corrected chi connectivity index (χ3v) is 4.98. The van der Waals surface area contributed by atoms with Gasteiger partial charge in [0.15, 0.2) is 0 Å². The maximum atomic E-state index is 5.87. The Balaban J connectivity index is 2.24. The lowest BCUT2D eigenvalue weighted by Gasteiger charge is -2.09. The summed E-state index contributed by atoms with van der Waals surface area (Å²) in [6.07, 6.45) is 0. The minimum absolute atomic E-state index is 0.0613. The molecule has 0 bridgehead atoms. The number of nitrogens with two attached hydrogens (primary N) is 1. The first kappa shape index (κ1) is 14.1. The second-order valence-electron chi connectivity index (χ2n) is 4.04. The summed E-state index contributed by atoms with van der Waals surface area (Å²) in [4.78, 5) is 2.40. The Kier molecular flexibility index (Phi) is 4.90.